The maximum absolute atomic E-state index is 13.4. The molecule has 2 heterocycles. The fourth-order valence-corrected chi connectivity index (χ4v) is 5.85. The topological polar surface area (TPSA) is 83.8 Å². The van der Waals surface area contributed by atoms with E-state index in [4.69, 9.17) is 4.74 Å². The largest absolute Gasteiger partial charge is 0.478 e. The number of benzene rings is 3. The van der Waals surface area contributed by atoms with E-state index in [1.54, 1.807) is 12.1 Å². The van der Waals surface area contributed by atoms with Gasteiger partial charge in [0.1, 0.15) is 5.75 Å². The summed E-state index contributed by atoms with van der Waals surface area (Å²) in [5, 5.41) is 13.9. The third kappa shape index (κ3) is 7.22. The molecule has 0 saturated carbocycles. The summed E-state index contributed by atoms with van der Waals surface area (Å²) in [6, 6.07) is 24.3. The standard InChI is InChI=1S/C36H43N3O4/c1-4-5-12-31(37-34(40)24-26-14-17-29(18-15-26)43-36(2,3)35(41)42)30-19-16-28(25-33(30)38-21-9-6-10-22-38)39-23-20-27-11-7-8-13-32(27)39/h7-8,11,13-20,23,25,31H,4-6,9-10,12,21-22,24H2,1-3H3,(H,37,40)(H,41,42). The van der Waals surface area contributed by atoms with Gasteiger partial charge in [-0.25, -0.2) is 4.79 Å². The highest BCUT2D eigenvalue weighted by Crippen LogP contribution is 2.34. The van der Waals surface area contributed by atoms with Crippen LogP contribution >= 0.6 is 0 Å². The number of amides is 1. The van der Waals surface area contributed by atoms with Gasteiger partial charge in [-0.2, -0.15) is 0 Å². The van der Waals surface area contributed by atoms with Crippen molar-refractivity contribution >= 4 is 28.5 Å². The number of carboxylic acids is 1. The second-order valence-electron chi connectivity index (χ2n) is 12.0. The number of aromatic nitrogens is 1. The molecule has 1 amide bonds. The van der Waals surface area contributed by atoms with E-state index in [-0.39, 0.29) is 18.4 Å². The Morgan fingerprint density at radius 2 is 1.72 bits per heavy atom. The molecular formula is C36H43N3O4. The lowest BCUT2D eigenvalue weighted by molar-refractivity contribution is -0.152. The molecule has 4 aromatic rings. The van der Waals surface area contributed by atoms with Crippen molar-refractivity contribution in [2.45, 2.75) is 77.4 Å². The van der Waals surface area contributed by atoms with Gasteiger partial charge in [0.2, 0.25) is 5.91 Å². The average Bonchev–Trinajstić information content (AvgIpc) is 3.44. The molecule has 1 unspecified atom stereocenters. The van der Waals surface area contributed by atoms with Crippen LogP contribution in [0.1, 0.15) is 76.5 Å². The number of para-hydroxylation sites is 1. The number of unbranched alkanes of at least 4 members (excludes halogenated alkanes) is 1. The van der Waals surface area contributed by atoms with Gasteiger partial charge < -0.3 is 24.6 Å². The van der Waals surface area contributed by atoms with Crippen LogP contribution in [-0.4, -0.2) is 40.2 Å². The van der Waals surface area contributed by atoms with Gasteiger partial charge in [0.15, 0.2) is 5.60 Å². The molecule has 0 radical (unpaired) electrons. The Morgan fingerprint density at radius 1 is 0.977 bits per heavy atom. The lowest BCUT2D eigenvalue weighted by atomic mass is 9.96. The SMILES string of the molecule is CCCCC(NC(=O)Cc1ccc(OC(C)(C)C(=O)O)cc1)c1ccc(-n2ccc3ccccc32)cc1N1CCCCC1. The summed E-state index contributed by atoms with van der Waals surface area (Å²) in [7, 11) is 0. The maximum Gasteiger partial charge on any atom is 0.347 e. The van der Waals surface area contributed by atoms with Crippen LogP contribution in [0.3, 0.4) is 0 Å². The molecule has 1 aromatic heterocycles. The van der Waals surface area contributed by atoms with Crippen molar-refractivity contribution in [1.82, 2.24) is 9.88 Å². The molecule has 226 valence electrons. The fourth-order valence-electron chi connectivity index (χ4n) is 5.85. The van der Waals surface area contributed by atoms with Crippen molar-refractivity contribution < 1.29 is 19.4 Å². The van der Waals surface area contributed by atoms with Crippen LogP contribution in [0.2, 0.25) is 0 Å². The third-order valence-electron chi connectivity index (χ3n) is 8.32. The zero-order valence-electron chi connectivity index (χ0n) is 25.5. The molecule has 0 aliphatic carbocycles. The van der Waals surface area contributed by atoms with Crippen molar-refractivity contribution in [2.24, 2.45) is 0 Å². The van der Waals surface area contributed by atoms with E-state index in [9.17, 15) is 14.7 Å². The first-order valence-electron chi connectivity index (χ1n) is 15.5. The Bertz CT molecular complexity index is 1550. The summed E-state index contributed by atoms with van der Waals surface area (Å²) >= 11 is 0. The molecule has 7 nitrogen and oxygen atoms in total. The Balaban J connectivity index is 1.39. The van der Waals surface area contributed by atoms with Crippen LogP contribution in [0.25, 0.3) is 16.6 Å². The van der Waals surface area contributed by atoms with Crippen molar-refractivity contribution in [3.05, 3.63) is 90.1 Å². The Hall–Kier alpha value is -4.26. The summed E-state index contributed by atoms with van der Waals surface area (Å²) in [5.74, 6) is -0.613. The van der Waals surface area contributed by atoms with E-state index in [0.717, 1.165) is 43.6 Å². The van der Waals surface area contributed by atoms with E-state index in [2.05, 4.69) is 76.4 Å². The predicted molar refractivity (Wildman–Crippen MR) is 172 cm³/mol. The van der Waals surface area contributed by atoms with E-state index in [1.807, 2.05) is 12.1 Å². The maximum atomic E-state index is 13.4. The number of hydrogen-bond donors (Lipinski definition) is 2. The van der Waals surface area contributed by atoms with Crippen molar-refractivity contribution in [3.8, 4) is 11.4 Å². The van der Waals surface area contributed by atoms with Gasteiger partial charge in [-0.05, 0) is 92.4 Å². The second-order valence-corrected chi connectivity index (χ2v) is 12.0. The number of fused-ring (bicyclic) bond motifs is 1. The number of ether oxygens (including phenoxy) is 1. The monoisotopic (exact) mass is 581 g/mol. The van der Waals surface area contributed by atoms with Gasteiger partial charge in [0, 0.05) is 30.7 Å². The number of carbonyl (C=O) groups excluding carboxylic acids is 1. The number of anilines is 1. The minimum absolute atomic E-state index is 0.0364. The van der Waals surface area contributed by atoms with Gasteiger partial charge in [-0.15, -0.1) is 0 Å². The summed E-state index contributed by atoms with van der Waals surface area (Å²) < 4.78 is 7.86. The first-order valence-corrected chi connectivity index (χ1v) is 15.5. The molecule has 43 heavy (non-hydrogen) atoms. The molecule has 5 rings (SSSR count). The minimum Gasteiger partial charge on any atom is -0.478 e. The highest BCUT2D eigenvalue weighted by Gasteiger charge is 2.29. The lowest BCUT2D eigenvalue weighted by Crippen LogP contribution is -2.37. The van der Waals surface area contributed by atoms with E-state index < -0.39 is 11.6 Å². The third-order valence-corrected chi connectivity index (χ3v) is 8.32. The minimum atomic E-state index is -1.33. The highest BCUT2D eigenvalue weighted by molar-refractivity contribution is 5.83. The van der Waals surface area contributed by atoms with Gasteiger partial charge in [0.05, 0.1) is 18.0 Å². The fraction of sp³-hybridized carbons (Fsp3) is 0.389. The van der Waals surface area contributed by atoms with Crippen LogP contribution in [0.4, 0.5) is 5.69 Å². The van der Waals surface area contributed by atoms with Gasteiger partial charge in [-0.1, -0.05) is 56.2 Å². The molecule has 1 aliphatic heterocycles. The number of aliphatic carboxylic acids is 1. The van der Waals surface area contributed by atoms with Crippen LogP contribution in [0, 0.1) is 0 Å². The summed E-state index contributed by atoms with van der Waals surface area (Å²) in [6.07, 6.45) is 8.89. The highest BCUT2D eigenvalue weighted by atomic mass is 16.5. The van der Waals surface area contributed by atoms with Crippen LogP contribution in [-0.2, 0) is 16.0 Å². The second kappa shape index (κ2) is 13.4. The van der Waals surface area contributed by atoms with E-state index in [1.165, 1.54) is 55.3 Å². The number of hydrogen-bond acceptors (Lipinski definition) is 4. The molecule has 1 saturated heterocycles. The first kappa shape index (κ1) is 30.2. The number of carboxylic acid groups (broad SMARTS) is 1. The van der Waals surface area contributed by atoms with Crippen molar-refractivity contribution in [2.75, 3.05) is 18.0 Å². The van der Waals surface area contributed by atoms with Gasteiger partial charge >= 0.3 is 5.97 Å². The van der Waals surface area contributed by atoms with Crippen LogP contribution < -0.4 is 15.0 Å². The number of nitrogens with one attached hydrogen (secondary N) is 1. The summed E-state index contributed by atoms with van der Waals surface area (Å²) in [5.41, 5.74) is 4.19. The lowest BCUT2D eigenvalue weighted by Gasteiger charge is -2.33. The molecule has 1 aliphatic rings. The van der Waals surface area contributed by atoms with Gasteiger partial charge in [-0.3, -0.25) is 4.79 Å². The Morgan fingerprint density at radius 3 is 2.44 bits per heavy atom. The number of nitrogens with zero attached hydrogens (tertiary/aromatic N) is 2. The zero-order valence-corrected chi connectivity index (χ0v) is 25.5. The van der Waals surface area contributed by atoms with Crippen molar-refractivity contribution in [3.63, 3.8) is 0 Å². The molecule has 7 heteroatoms. The molecule has 1 fully saturated rings. The number of carbonyl (C=O) groups is 2. The molecule has 0 bridgehead atoms. The van der Waals surface area contributed by atoms with Crippen LogP contribution in [0.15, 0.2) is 79.0 Å². The van der Waals surface area contributed by atoms with Crippen molar-refractivity contribution in [1.29, 1.82) is 0 Å². The van der Waals surface area contributed by atoms with E-state index in [0.29, 0.717) is 5.75 Å². The molecule has 0 spiro atoms. The molecule has 3 aromatic carbocycles. The Kier molecular flexibility index (Phi) is 9.39. The average molecular weight is 582 g/mol. The smallest absolute Gasteiger partial charge is 0.347 e. The van der Waals surface area contributed by atoms with Crippen LogP contribution in [0.5, 0.6) is 5.75 Å². The predicted octanol–water partition coefficient (Wildman–Crippen LogP) is 7.45. The zero-order chi connectivity index (χ0) is 30.4. The van der Waals surface area contributed by atoms with E-state index >= 15 is 0 Å². The quantitative estimate of drug-likeness (QED) is 0.182. The summed E-state index contributed by atoms with van der Waals surface area (Å²) in [6.45, 7) is 7.24. The normalized spacial score (nSPS) is 14.4. The molecular weight excluding hydrogens is 538 g/mol. The number of piperidine rings is 1. The molecule has 1 atom stereocenters. The Labute approximate surface area is 254 Å². The first-order chi connectivity index (χ1) is 20.7. The number of rotatable bonds is 12. The summed E-state index contributed by atoms with van der Waals surface area (Å²) in [4.78, 5) is 27.3. The van der Waals surface area contributed by atoms with Gasteiger partial charge in [0.25, 0.3) is 0 Å². The molecule has 2 N–H and O–H groups in total.